The molecular formula is C23H27FN2O3. The van der Waals surface area contributed by atoms with Crippen molar-refractivity contribution < 1.29 is 18.7 Å². The van der Waals surface area contributed by atoms with Crippen LogP contribution < -0.4 is 4.74 Å². The first-order valence-electron chi connectivity index (χ1n) is 9.96. The maximum absolute atomic E-state index is 13.4. The average Bonchev–Trinajstić information content (AvgIpc) is 2.73. The number of hydrogen-bond donors (Lipinski definition) is 0. The van der Waals surface area contributed by atoms with E-state index < -0.39 is 11.9 Å². The van der Waals surface area contributed by atoms with Gasteiger partial charge < -0.3 is 14.5 Å². The number of halogens is 1. The summed E-state index contributed by atoms with van der Waals surface area (Å²) in [6, 6.07) is 13.4. The summed E-state index contributed by atoms with van der Waals surface area (Å²) < 4.78 is 19.3. The Labute approximate surface area is 171 Å². The second kappa shape index (κ2) is 9.07. The van der Waals surface area contributed by atoms with E-state index in [1.165, 1.54) is 18.2 Å². The van der Waals surface area contributed by atoms with Gasteiger partial charge in [0.15, 0.2) is 6.10 Å². The number of nitrogens with zero attached hydrogens (tertiary/aromatic N) is 2. The second-order valence-corrected chi connectivity index (χ2v) is 7.58. The Hall–Kier alpha value is -2.89. The normalized spacial score (nSPS) is 15.3. The van der Waals surface area contributed by atoms with E-state index in [9.17, 15) is 14.0 Å². The number of carbonyl (C=O) groups is 2. The van der Waals surface area contributed by atoms with Crippen LogP contribution in [-0.4, -0.2) is 53.9 Å². The van der Waals surface area contributed by atoms with Crippen LogP contribution in [0, 0.1) is 5.82 Å². The fraction of sp³-hybridized carbons (Fsp3) is 0.391. The predicted octanol–water partition coefficient (Wildman–Crippen LogP) is 3.70. The van der Waals surface area contributed by atoms with Gasteiger partial charge in [-0.25, -0.2) is 4.39 Å². The molecule has 0 bridgehead atoms. The molecule has 1 saturated heterocycles. The van der Waals surface area contributed by atoms with Crippen molar-refractivity contribution in [3.05, 3.63) is 65.5 Å². The van der Waals surface area contributed by atoms with Crippen LogP contribution in [0.5, 0.6) is 5.75 Å². The first-order chi connectivity index (χ1) is 13.9. The third-order valence-electron chi connectivity index (χ3n) is 5.14. The molecule has 0 spiro atoms. The quantitative estimate of drug-likeness (QED) is 0.772. The van der Waals surface area contributed by atoms with Gasteiger partial charge in [-0.2, -0.15) is 0 Å². The second-order valence-electron chi connectivity index (χ2n) is 7.58. The number of amides is 2. The van der Waals surface area contributed by atoms with E-state index >= 15 is 0 Å². The highest BCUT2D eigenvalue weighted by Gasteiger charge is 2.28. The van der Waals surface area contributed by atoms with E-state index in [2.05, 4.69) is 13.8 Å². The average molecular weight is 398 g/mol. The maximum atomic E-state index is 13.4. The Morgan fingerprint density at radius 1 is 0.931 bits per heavy atom. The Balaban J connectivity index is 1.58. The van der Waals surface area contributed by atoms with Gasteiger partial charge >= 0.3 is 0 Å². The van der Waals surface area contributed by atoms with Crippen molar-refractivity contribution in [2.45, 2.75) is 32.8 Å². The lowest BCUT2D eigenvalue weighted by molar-refractivity contribution is -0.139. The smallest absolute Gasteiger partial charge is 0.263 e. The largest absolute Gasteiger partial charge is 0.481 e. The van der Waals surface area contributed by atoms with Gasteiger partial charge in [0.05, 0.1) is 0 Å². The minimum atomic E-state index is -0.611. The lowest BCUT2D eigenvalue weighted by Gasteiger charge is -2.36. The number of ether oxygens (including phenoxy) is 1. The molecule has 0 aliphatic carbocycles. The van der Waals surface area contributed by atoms with Gasteiger partial charge in [0.2, 0.25) is 0 Å². The zero-order valence-corrected chi connectivity index (χ0v) is 17.1. The van der Waals surface area contributed by atoms with Crippen LogP contribution in [-0.2, 0) is 4.79 Å². The third kappa shape index (κ3) is 4.94. The molecule has 3 rings (SSSR count). The molecule has 154 valence electrons. The summed E-state index contributed by atoms with van der Waals surface area (Å²) in [5.74, 6) is 0.277. The molecule has 0 aromatic heterocycles. The first-order valence-corrected chi connectivity index (χ1v) is 9.96. The third-order valence-corrected chi connectivity index (χ3v) is 5.14. The zero-order chi connectivity index (χ0) is 21.0. The molecule has 1 fully saturated rings. The topological polar surface area (TPSA) is 49.9 Å². The Morgan fingerprint density at radius 3 is 2.24 bits per heavy atom. The summed E-state index contributed by atoms with van der Waals surface area (Å²) >= 11 is 0. The van der Waals surface area contributed by atoms with Crippen LogP contribution in [0.1, 0.15) is 42.6 Å². The standard InChI is InChI=1S/C23H27FN2O3/c1-16(2)20-9-4-5-10-21(20)29-17(3)22(27)25-11-13-26(14-12-25)23(28)18-7-6-8-19(24)15-18/h4-10,15-17H,11-14H2,1-3H3. The van der Waals surface area contributed by atoms with E-state index in [4.69, 9.17) is 4.74 Å². The van der Waals surface area contributed by atoms with Crippen molar-refractivity contribution >= 4 is 11.8 Å². The van der Waals surface area contributed by atoms with Gasteiger partial charge in [-0.05, 0) is 42.7 Å². The summed E-state index contributed by atoms with van der Waals surface area (Å²) in [7, 11) is 0. The van der Waals surface area contributed by atoms with Crippen LogP contribution >= 0.6 is 0 Å². The predicted molar refractivity (Wildman–Crippen MR) is 110 cm³/mol. The Kier molecular flexibility index (Phi) is 6.52. The van der Waals surface area contributed by atoms with Crippen molar-refractivity contribution in [1.82, 2.24) is 9.80 Å². The number of carbonyl (C=O) groups excluding carboxylic acids is 2. The number of hydrogen-bond acceptors (Lipinski definition) is 3. The van der Waals surface area contributed by atoms with Crippen molar-refractivity contribution in [3.8, 4) is 5.75 Å². The number of para-hydroxylation sites is 1. The van der Waals surface area contributed by atoms with Gasteiger partial charge in [-0.1, -0.05) is 38.1 Å². The lowest BCUT2D eigenvalue weighted by atomic mass is 10.0. The van der Waals surface area contributed by atoms with Crippen LogP contribution in [0.15, 0.2) is 48.5 Å². The minimum Gasteiger partial charge on any atom is -0.481 e. The highest BCUT2D eigenvalue weighted by molar-refractivity contribution is 5.94. The van der Waals surface area contributed by atoms with Crippen LogP contribution in [0.3, 0.4) is 0 Å². The van der Waals surface area contributed by atoms with Gasteiger partial charge in [0.1, 0.15) is 11.6 Å². The molecule has 0 saturated carbocycles. The molecule has 1 aliphatic rings. The molecule has 6 heteroatoms. The lowest BCUT2D eigenvalue weighted by Crippen LogP contribution is -2.53. The van der Waals surface area contributed by atoms with Crippen molar-refractivity contribution in [2.75, 3.05) is 26.2 Å². The van der Waals surface area contributed by atoms with E-state index in [0.29, 0.717) is 37.7 Å². The molecule has 1 aliphatic heterocycles. The Bertz CT molecular complexity index is 876. The molecule has 29 heavy (non-hydrogen) atoms. The van der Waals surface area contributed by atoms with Gasteiger partial charge in [-0.15, -0.1) is 0 Å². The minimum absolute atomic E-state index is 0.0959. The van der Waals surface area contributed by atoms with Gasteiger partial charge in [0, 0.05) is 31.7 Å². The molecule has 1 heterocycles. The molecular weight excluding hydrogens is 371 g/mol. The van der Waals surface area contributed by atoms with Gasteiger partial charge in [0.25, 0.3) is 11.8 Å². The number of piperazine rings is 1. The summed E-state index contributed by atoms with van der Waals surface area (Å²) in [4.78, 5) is 28.7. The van der Waals surface area contributed by atoms with E-state index in [0.717, 1.165) is 11.3 Å². The summed E-state index contributed by atoms with van der Waals surface area (Å²) in [6.45, 7) is 7.61. The number of rotatable bonds is 5. The fourth-order valence-corrected chi connectivity index (χ4v) is 3.50. The molecule has 0 N–H and O–H groups in total. The van der Waals surface area contributed by atoms with E-state index in [1.807, 2.05) is 24.3 Å². The van der Waals surface area contributed by atoms with Crippen molar-refractivity contribution in [2.24, 2.45) is 0 Å². The molecule has 5 nitrogen and oxygen atoms in total. The number of benzene rings is 2. The highest BCUT2D eigenvalue weighted by Crippen LogP contribution is 2.27. The summed E-state index contributed by atoms with van der Waals surface area (Å²) in [6.07, 6.45) is -0.611. The van der Waals surface area contributed by atoms with E-state index in [1.54, 1.807) is 22.8 Å². The van der Waals surface area contributed by atoms with Crippen LogP contribution in [0.2, 0.25) is 0 Å². The van der Waals surface area contributed by atoms with Crippen LogP contribution in [0.4, 0.5) is 4.39 Å². The van der Waals surface area contributed by atoms with Gasteiger partial charge in [-0.3, -0.25) is 9.59 Å². The molecule has 0 radical (unpaired) electrons. The molecule has 1 atom stereocenters. The Morgan fingerprint density at radius 2 is 1.59 bits per heavy atom. The fourth-order valence-electron chi connectivity index (χ4n) is 3.50. The molecule has 1 unspecified atom stereocenters. The maximum Gasteiger partial charge on any atom is 0.263 e. The SMILES string of the molecule is CC(Oc1ccccc1C(C)C)C(=O)N1CCN(C(=O)c2cccc(F)c2)CC1. The molecule has 2 amide bonds. The molecule has 2 aromatic carbocycles. The van der Waals surface area contributed by atoms with Crippen molar-refractivity contribution in [3.63, 3.8) is 0 Å². The molecule has 2 aromatic rings. The zero-order valence-electron chi connectivity index (χ0n) is 17.1. The van der Waals surface area contributed by atoms with Crippen LogP contribution in [0.25, 0.3) is 0 Å². The van der Waals surface area contributed by atoms with Crippen molar-refractivity contribution in [1.29, 1.82) is 0 Å². The summed E-state index contributed by atoms with van der Waals surface area (Å²) in [5.41, 5.74) is 1.39. The first kappa shape index (κ1) is 20.8. The monoisotopic (exact) mass is 398 g/mol. The highest BCUT2D eigenvalue weighted by atomic mass is 19.1. The van der Waals surface area contributed by atoms with E-state index in [-0.39, 0.29) is 11.8 Å². The summed E-state index contributed by atoms with van der Waals surface area (Å²) in [5, 5.41) is 0.